The minimum absolute atomic E-state index is 0.0203. The molecule has 0 saturated heterocycles. The van der Waals surface area contributed by atoms with Crippen molar-refractivity contribution in [2.45, 2.75) is 13.1 Å². The highest BCUT2D eigenvalue weighted by Gasteiger charge is 2.32. The minimum Gasteiger partial charge on any atom is -0.308 e. The number of halogens is 3. The number of aldehydes is 1. The van der Waals surface area contributed by atoms with E-state index in [4.69, 9.17) is 0 Å². The molecule has 0 aliphatic carbocycles. The Morgan fingerprint density at radius 3 is 2.30 bits per heavy atom. The van der Waals surface area contributed by atoms with Gasteiger partial charge in [0.2, 0.25) is 0 Å². The molecule has 0 aliphatic rings. The Morgan fingerprint density at radius 2 is 1.70 bits per heavy atom. The van der Waals surface area contributed by atoms with Gasteiger partial charge in [-0.05, 0) is 36.8 Å². The second-order valence-electron chi connectivity index (χ2n) is 4.85. The molecular weight excluding hydrogens is 309 g/mol. The number of benzene rings is 2. The lowest BCUT2D eigenvalue weighted by molar-refractivity contribution is -0.138. The number of anilines is 2. The number of hydrogen-bond acceptors (Lipinski definition) is 2. The van der Waals surface area contributed by atoms with Crippen LogP contribution in [0, 0.1) is 6.92 Å². The predicted molar refractivity (Wildman–Crippen MR) is 80.7 cm³/mol. The molecule has 0 radical (unpaired) electrons. The van der Waals surface area contributed by atoms with Gasteiger partial charge in [0, 0.05) is 16.9 Å². The number of rotatable bonds is 3. The standard InChI is InChI=1S/C16H13F3N2O2/c1-10-5-6-13(8-14(10)16(17,18)19)21-15(23)20-12-4-2-3-11(7-12)9-22/h2-9H,1H3,(H2,20,21,23). The first kappa shape index (κ1) is 16.5. The third kappa shape index (κ3) is 4.32. The highest BCUT2D eigenvalue weighted by Crippen LogP contribution is 2.33. The van der Waals surface area contributed by atoms with E-state index in [0.29, 0.717) is 17.5 Å². The zero-order valence-corrected chi connectivity index (χ0v) is 12.1. The summed E-state index contributed by atoms with van der Waals surface area (Å²) < 4.78 is 38.5. The Morgan fingerprint density at radius 1 is 1.04 bits per heavy atom. The fourth-order valence-electron chi connectivity index (χ4n) is 1.99. The molecule has 2 aromatic rings. The topological polar surface area (TPSA) is 58.2 Å². The molecule has 23 heavy (non-hydrogen) atoms. The molecular formula is C16H13F3N2O2. The molecule has 4 nitrogen and oxygen atoms in total. The lowest BCUT2D eigenvalue weighted by Gasteiger charge is -2.13. The van der Waals surface area contributed by atoms with Crippen LogP contribution in [-0.4, -0.2) is 12.3 Å². The number of nitrogens with one attached hydrogen (secondary N) is 2. The maximum absolute atomic E-state index is 12.8. The van der Waals surface area contributed by atoms with Gasteiger partial charge in [-0.1, -0.05) is 18.2 Å². The number of aryl methyl sites for hydroxylation is 1. The quantitative estimate of drug-likeness (QED) is 0.819. The molecule has 7 heteroatoms. The summed E-state index contributed by atoms with van der Waals surface area (Å²) in [6, 6.07) is 8.98. The van der Waals surface area contributed by atoms with Crippen molar-refractivity contribution in [1.29, 1.82) is 0 Å². The molecule has 0 unspecified atom stereocenters. The second kappa shape index (κ2) is 6.51. The summed E-state index contributed by atoms with van der Waals surface area (Å²) in [5.74, 6) is 0. The highest BCUT2D eigenvalue weighted by atomic mass is 19.4. The number of hydrogen-bond donors (Lipinski definition) is 2. The van der Waals surface area contributed by atoms with Gasteiger partial charge in [0.1, 0.15) is 6.29 Å². The van der Waals surface area contributed by atoms with Crippen molar-refractivity contribution >= 4 is 23.7 Å². The molecule has 0 bridgehead atoms. The summed E-state index contributed by atoms with van der Waals surface area (Å²) >= 11 is 0. The average Bonchev–Trinajstić information content (AvgIpc) is 2.48. The molecule has 0 saturated carbocycles. The maximum Gasteiger partial charge on any atom is 0.416 e. The van der Waals surface area contributed by atoms with E-state index in [-0.39, 0.29) is 11.3 Å². The predicted octanol–water partition coefficient (Wildman–Crippen LogP) is 4.47. The largest absolute Gasteiger partial charge is 0.416 e. The van der Waals surface area contributed by atoms with Gasteiger partial charge in [0.25, 0.3) is 0 Å². The van der Waals surface area contributed by atoms with Gasteiger partial charge in [-0.2, -0.15) is 13.2 Å². The Kier molecular flexibility index (Phi) is 4.68. The van der Waals surface area contributed by atoms with Gasteiger partial charge < -0.3 is 10.6 Å². The van der Waals surface area contributed by atoms with E-state index in [9.17, 15) is 22.8 Å². The van der Waals surface area contributed by atoms with E-state index >= 15 is 0 Å². The van der Waals surface area contributed by atoms with Crippen LogP contribution >= 0.6 is 0 Å². The fourth-order valence-corrected chi connectivity index (χ4v) is 1.99. The summed E-state index contributed by atoms with van der Waals surface area (Å²) in [6.45, 7) is 1.34. The summed E-state index contributed by atoms with van der Waals surface area (Å²) in [7, 11) is 0. The van der Waals surface area contributed by atoms with Crippen LogP contribution in [0.1, 0.15) is 21.5 Å². The van der Waals surface area contributed by atoms with Gasteiger partial charge in [0.05, 0.1) is 5.56 Å². The van der Waals surface area contributed by atoms with Gasteiger partial charge >= 0.3 is 12.2 Å². The van der Waals surface area contributed by atoms with Gasteiger partial charge in [-0.25, -0.2) is 4.79 Å². The van der Waals surface area contributed by atoms with Crippen molar-refractivity contribution in [3.05, 3.63) is 59.2 Å². The molecule has 0 aromatic heterocycles. The molecule has 2 amide bonds. The molecule has 0 heterocycles. The first-order valence-corrected chi connectivity index (χ1v) is 6.60. The maximum atomic E-state index is 12.8. The summed E-state index contributed by atoms with van der Waals surface area (Å²) in [6.07, 6.45) is -3.87. The van der Waals surface area contributed by atoms with E-state index in [1.54, 1.807) is 18.2 Å². The van der Waals surface area contributed by atoms with Crippen LogP contribution in [0.15, 0.2) is 42.5 Å². The highest BCUT2D eigenvalue weighted by molar-refractivity contribution is 6.00. The number of amides is 2. The van der Waals surface area contributed by atoms with Crippen molar-refractivity contribution in [2.24, 2.45) is 0 Å². The fraction of sp³-hybridized carbons (Fsp3) is 0.125. The van der Waals surface area contributed by atoms with Crippen LogP contribution in [0.3, 0.4) is 0 Å². The Bertz CT molecular complexity index is 742. The van der Waals surface area contributed by atoms with Crippen LogP contribution in [-0.2, 0) is 6.18 Å². The first-order valence-electron chi connectivity index (χ1n) is 6.60. The number of carbonyl (C=O) groups excluding carboxylic acids is 2. The van der Waals surface area contributed by atoms with E-state index in [1.165, 1.54) is 25.1 Å². The van der Waals surface area contributed by atoms with Crippen molar-refractivity contribution < 1.29 is 22.8 Å². The zero-order chi connectivity index (χ0) is 17.0. The molecule has 0 aliphatic heterocycles. The molecule has 0 spiro atoms. The van der Waals surface area contributed by atoms with E-state index in [2.05, 4.69) is 10.6 Å². The van der Waals surface area contributed by atoms with Crippen LogP contribution in [0.5, 0.6) is 0 Å². The van der Waals surface area contributed by atoms with Gasteiger partial charge in [0.15, 0.2) is 0 Å². The molecule has 0 fully saturated rings. The number of carbonyl (C=O) groups is 2. The molecule has 0 atom stereocenters. The summed E-state index contributed by atoms with van der Waals surface area (Å²) in [4.78, 5) is 22.5. The smallest absolute Gasteiger partial charge is 0.308 e. The molecule has 2 aromatic carbocycles. The molecule has 120 valence electrons. The van der Waals surface area contributed by atoms with E-state index < -0.39 is 17.8 Å². The zero-order valence-electron chi connectivity index (χ0n) is 12.1. The van der Waals surface area contributed by atoms with Crippen molar-refractivity contribution in [2.75, 3.05) is 10.6 Å². The molecule has 2 N–H and O–H groups in total. The third-order valence-electron chi connectivity index (χ3n) is 3.08. The van der Waals surface area contributed by atoms with Crippen molar-refractivity contribution in [3.63, 3.8) is 0 Å². The third-order valence-corrected chi connectivity index (χ3v) is 3.08. The number of urea groups is 1. The monoisotopic (exact) mass is 322 g/mol. The summed E-state index contributed by atoms with van der Waals surface area (Å²) in [5.41, 5.74) is 0.0140. The van der Waals surface area contributed by atoms with Crippen molar-refractivity contribution in [1.82, 2.24) is 0 Å². The van der Waals surface area contributed by atoms with Crippen LogP contribution < -0.4 is 10.6 Å². The Balaban J connectivity index is 2.12. The van der Waals surface area contributed by atoms with Gasteiger partial charge in [-0.3, -0.25) is 4.79 Å². The number of alkyl halides is 3. The Labute approximate surface area is 130 Å². The van der Waals surface area contributed by atoms with Crippen LogP contribution in [0.2, 0.25) is 0 Å². The first-order chi connectivity index (χ1) is 10.8. The molecule has 2 rings (SSSR count). The lowest BCUT2D eigenvalue weighted by Crippen LogP contribution is -2.20. The van der Waals surface area contributed by atoms with E-state index in [0.717, 1.165) is 6.07 Å². The van der Waals surface area contributed by atoms with Crippen molar-refractivity contribution in [3.8, 4) is 0 Å². The van der Waals surface area contributed by atoms with Crippen LogP contribution in [0.25, 0.3) is 0 Å². The second-order valence-corrected chi connectivity index (χ2v) is 4.85. The Hall–Kier alpha value is -2.83. The SMILES string of the molecule is Cc1ccc(NC(=O)Nc2cccc(C=O)c2)cc1C(F)(F)F. The van der Waals surface area contributed by atoms with E-state index in [1.807, 2.05) is 0 Å². The average molecular weight is 322 g/mol. The normalized spacial score (nSPS) is 11.0. The van der Waals surface area contributed by atoms with Gasteiger partial charge in [-0.15, -0.1) is 0 Å². The lowest BCUT2D eigenvalue weighted by atomic mass is 10.1. The summed E-state index contributed by atoms with van der Waals surface area (Å²) in [5, 5.41) is 4.78. The van der Waals surface area contributed by atoms with Crippen LogP contribution in [0.4, 0.5) is 29.3 Å². The minimum atomic E-state index is -4.49.